The van der Waals surface area contributed by atoms with Crippen molar-refractivity contribution in [2.24, 2.45) is 11.8 Å². The predicted molar refractivity (Wildman–Crippen MR) is 79.3 cm³/mol. The zero-order valence-corrected chi connectivity index (χ0v) is 13.8. The summed E-state index contributed by atoms with van der Waals surface area (Å²) in [6, 6.07) is 0. The van der Waals surface area contributed by atoms with Crippen molar-refractivity contribution in [2.75, 3.05) is 6.61 Å². The fourth-order valence-electron chi connectivity index (χ4n) is 2.02. The molecule has 0 aliphatic rings. The molecule has 2 atom stereocenters. The summed E-state index contributed by atoms with van der Waals surface area (Å²) >= 11 is 0. The topological polar surface area (TPSA) is 52.6 Å². The third-order valence-electron chi connectivity index (χ3n) is 3.15. The Morgan fingerprint density at radius 2 is 1.75 bits per heavy atom. The third-order valence-corrected chi connectivity index (χ3v) is 3.15. The summed E-state index contributed by atoms with van der Waals surface area (Å²) in [5, 5.41) is 0. The summed E-state index contributed by atoms with van der Waals surface area (Å²) in [6.45, 7) is 11.7. The molecule has 0 aliphatic heterocycles. The highest BCUT2D eigenvalue weighted by Gasteiger charge is 2.30. The molecule has 0 N–H and O–H groups in total. The highest BCUT2D eigenvalue weighted by atomic mass is 16.6. The van der Waals surface area contributed by atoms with E-state index in [1.165, 1.54) is 0 Å². The summed E-state index contributed by atoms with van der Waals surface area (Å²) in [6.07, 6.45) is 3.17. The Bertz CT molecular complexity index is 304. The maximum atomic E-state index is 12.1. The van der Waals surface area contributed by atoms with Gasteiger partial charge in [0.1, 0.15) is 5.60 Å². The molecule has 0 radical (unpaired) electrons. The lowest BCUT2D eigenvalue weighted by Gasteiger charge is -2.26. The van der Waals surface area contributed by atoms with Crippen molar-refractivity contribution in [3.05, 3.63) is 0 Å². The van der Waals surface area contributed by atoms with Crippen LogP contribution in [-0.4, -0.2) is 24.1 Å². The number of carbonyl (C=O) groups is 2. The molecule has 0 saturated carbocycles. The van der Waals surface area contributed by atoms with E-state index in [1.807, 2.05) is 27.7 Å². The fourth-order valence-corrected chi connectivity index (χ4v) is 2.02. The van der Waals surface area contributed by atoms with Gasteiger partial charge in [-0.3, -0.25) is 9.59 Å². The molecule has 20 heavy (non-hydrogen) atoms. The molecule has 0 amide bonds. The Kier molecular flexibility index (Phi) is 8.51. The molecule has 0 heterocycles. The number of esters is 2. The Morgan fingerprint density at radius 1 is 1.15 bits per heavy atom. The molecule has 0 aromatic rings. The summed E-state index contributed by atoms with van der Waals surface area (Å²) in [7, 11) is 0. The van der Waals surface area contributed by atoms with Crippen molar-refractivity contribution < 1.29 is 19.1 Å². The Hall–Kier alpha value is -1.06. The summed E-state index contributed by atoms with van der Waals surface area (Å²) < 4.78 is 10.4. The van der Waals surface area contributed by atoms with Gasteiger partial charge in [-0.25, -0.2) is 0 Å². The molecule has 0 aromatic heterocycles. The third kappa shape index (κ3) is 8.18. The molecule has 0 saturated heterocycles. The molecular weight excluding hydrogens is 256 g/mol. The van der Waals surface area contributed by atoms with E-state index in [1.54, 1.807) is 6.92 Å². The van der Waals surface area contributed by atoms with Crippen LogP contribution in [0.4, 0.5) is 0 Å². The molecule has 0 spiro atoms. The smallest absolute Gasteiger partial charge is 0.309 e. The van der Waals surface area contributed by atoms with Gasteiger partial charge in [-0.15, -0.1) is 0 Å². The molecule has 0 aromatic carbocycles. The highest BCUT2D eigenvalue weighted by Crippen LogP contribution is 2.25. The Morgan fingerprint density at radius 3 is 2.20 bits per heavy atom. The van der Waals surface area contributed by atoms with Gasteiger partial charge in [-0.2, -0.15) is 0 Å². The lowest BCUT2D eigenvalue weighted by atomic mass is 9.86. The van der Waals surface area contributed by atoms with Crippen LogP contribution in [-0.2, 0) is 19.1 Å². The van der Waals surface area contributed by atoms with Gasteiger partial charge in [0.25, 0.3) is 0 Å². The largest absolute Gasteiger partial charge is 0.466 e. The van der Waals surface area contributed by atoms with Gasteiger partial charge in [0.05, 0.1) is 12.5 Å². The maximum absolute atomic E-state index is 12.1. The number of hydrogen-bond donors (Lipinski definition) is 0. The molecule has 4 heteroatoms. The molecule has 0 fully saturated rings. The van der Waals surface area contributed by atoms with E-state index in [4.69, 9.17) is 9.47 Å². The summed E-state index contributed by atoms with van der Waals surface area (Å²) in [5.74, 6) is -0.763. The van der Waals surface area contributed by atoms with E-state index in [9.17, 15) is 9.59 Å². The second kappa shape index (κ2) is 8.98. The van der Waals surface area contributed by atoms with Crippen molar-refractivity contribution >= 4 is 11.9 Å². The van der Waals surface area contributed by atoms with Crippen LogP contribution in [0.15, 0.2) is 0 Å². The normalized spacial score (nSPS) is 14.5. The van der Waals surface area contributed by atoms with E-state index in [0.717, 1.165) is 19.3 Å². The summed E-state index contributed by atoms with van der Waals surface area (Å²) in [4.78, 5) is 23.8. The van der Waals surface area contributed by atoms with Crippen LogP contribution in [0, 0.1) is 11.8 Å². The van der Waals surface area contributed by atoms with Gasteiger partial charge in [0, 0.05) is 6.42 Å². The first-order chi connectivity index (χ1) is 9.21. The van der Waals surface area contributed by atoms with Crippen LogP contribution in [0.25, 0.3) is 0 Å². The van der Waals surface area contributed by atoms with Crippen molar-refractivity contribution in [1.29, 1.82) is 0 Å². The van der Waals surface area contributed by atoms with E-state index in [-0.39, 0.29) is 30.2 Å². The van der Waals surface area contributed by atoms with E-state index in [0.29, 0.717) is 6.61 Å². The number of unbranched alkanes of at least 4 members (excludes halogenated alkanes) is 1. The standard InChI is InChI=1S/C16H30O4/c1-7-9-10-13(11-14(17)19-8-2)12(3)15(18)20-16(4,5)6/h12-13H,7-11H2,1-6H3/t12-,13+/m1/s1. The van der Waals surface area contributed by atoms with Gasteiger partial charge in [-0.05, 0) is 40.0 Å². The van der Waals surface area contributed by atoms with E-state index < -0.39 is 5.60 Å². The lowest BCUT2D eigenvalue weighted by molar-refractivity contribution is -0.162. The molecule has 0 rings (SSSR count). The van der Waals surface area contributed by atoms with Crippen molar-refractivity contribution in [1.82, 2.24) is 0 Å². The van der Waals surface area contributed by atoms with Crippen molar-refractivity contribution in [3.63, 3.8) is 0 Å². The van der Waals surface area contributed by atoms with Crippen LogP contribution < -0.4 is 0 Å². The molecule has 4 nitrogen and oxygen atoms in total. The first kappa shape index (κ1) is 18.9. The minimum absolute atomic E-state index is 0.0103. The predicted octanol–water partition coefficient (Wildman–Crippen LogP) is 3.72. The first-order valence-corrected chi connectivity index (χ1v) is 7.59. The fraction of sp³-hybridized carbons (Fsp3) is 0.875. The number of carbonyl (C=O) groups excluding carboxylic acids is 2. The van der Waals surface area contributed by atoms with Crippen LogP contribution in [0.5, 0.6) is 0 Å². The minimum atomic E-state index is -0.495. The Labute approximate surface area is 123 Å². The van der Waals surface area contributed by atoms with E-state index >= 15 is 0 Å². The lowest BCUT2D eigenvalue weighted by Crippen LogP contribution is -2.32. The molecule has 0 bridgehead atoms. The van der Waals surface area contributed by atoms with Crippen LogP contribution >= 0.6 is 0 Å². The van der Waals surface area contributed by atoms with Gasteiger partial charge < -0.3 is 9.47 Å². The zero-order valence-electron chi connectivity index (χ0n) is 13.8. The monoisotopic (exact) mass is 286 g/mol. The highest BCUT2D eigenvalue weighted by molar-refractivity contribution is 5.75. The quantitative estimate of drug-likeness (QED) is 0.638. The SMILES string of the molecule is CCCC[C@@H](CC(=O)OCC)[C@@H](C)C(=O)OC(C)(C)C. The van der Waals surface area contributed by atoms with Crippen molar-refractivity contribution in [2.45, 2.75) is 72.8 Å². The molecule has 118 valence electrons. The zero-order chi connectivity index (χ0) is 15.8. The second-order valence-electron chi connectivity index (χ2n) is 6.23. The molecule has 0 aliphatic carbocycles. The number of ether oxygens (including phenoxy) is 2. The summed E-state index contributed by atoms with van der Waals surface area (Å²) in [5.41, 5.74) is -0.495. The number of rotatable bonds is 8. The van der Waals surface area contributed by atoms with Crippen LogP contribution in [0.1, 0.15) is 67.2 Å². The van der Waals surface area contributed by atoms with Crippen molar-refractivity contribution in [3.8, 4) is 0 Å². The van der Waals surface area contributed by atoms with Gasteiger partial charge in [0.15, 0.2) is 0 Å². The molecule has 0 unspecified atom stereocenters. The second-order valence-corrected chi connectivity index (χ2v) is 6.23. The van der Waals surface area contributed by atoms with Gasteiger partial charge in [-0.1, -0.05) is 26.7 Å². The molecular formula is C16H30O4. The van der Waals surface area contributed by atoms with E-state index in [2.05, 4.69) is 6.92 Å². The maximum Gasteiger partial charge on any atom is 0.309 e. The van der Waals surface area contributed by atoms with Gasteiger partial charge in [0.2, 0.25) is 0 Å². The Balaban J connectivity index is 4.65. The average Bonchev–Trinajstić information content (AvgIpc) is 2.31. The average molecular weight is 286 g/mol. The first-order valence-electron chi connectivity index (χ1n) is 7.59. The van der Waals surface area contributed by atoms with Crippen LogP contribution in [0.3, 0.4) is 0 Å². The minimum Gasteiger partial charge on any atom is -0.466 e. The van der Waals surface area contributed by atoms with Crippen LogP contribution in [0.2, 0.25) is 0 Å². The number of hydrogen-bond acceptors (Lipinski definition) is 4. The van der Waals surface area contributed by atoms with Gasteiger partial charge >= 0.3 is 11.9 Å².